The first-order chi connectivity index (χ1) is 9.24. The second-order valence-electron chi connectivity index (χ2n) is 6.50. The van der Waals surface area contributed by atoms with Gasteiger partial charge in [0, 0.05) is 18.6 Å². The lowest BCUT2D eigenvalue weighted by molar-refractivity contribution is 0.120. The van der Waals surface area contributed by atoms with Gasteiger partial charge in [-0.1, -0.05) is 13.8 Å². The summed E-state index contributed by atoms with van der Waals surface area (Å²) in [6.07, 6.45) is 6.86. The van der Waals surface area contributed by atoms with Crippen molar-refractivity contribution in [1.82, 2.24) is 15.1 Å². The van der Waals surface area contributed by atoms with Crippen LogP contribution in [0.2, 0.25) is 0 Å². The molecule has 0 bridgehead atoms. The van der Waals surface area contributed by atoms with Crippen molar-refractivity contribution in [2.45, 2.75) is 58.0 Å². The number of hydrogen-bond donors (Lipinski definition) is 1. The Bertz CT molecular complexity index is 244. The first-order valence-electron chi connectivity index (χ1n) is 8.40. The van der Waals surface area contributed by atoms with Crippen molar-refractivity contribution in [3.05, 3.63) is 0 Å². The van der Waals surface area contributed by atoms with Crippen molar-refractivity contribution in [3.63, 3.8) is 0 Å². The first-order valence-corrected chi connectivity index (χ1v) is 8.40. The minimum atomic E-state index is 0.745. The lowest BCUT2D eigenvalue weighted by Gasteiger charge is -2.38. The average Bonchev–Trinajstić information content (AvgIpc) is 3.28. The second-order valence-corrected chi connectivity index (χ2v) is 6.50. The summed E-state index contributed by atoms with van der Waals surface area (Å²) in [5.41, 5.74) is 0. The SMILES string of the molecule is CCCNC(CN(C)C1CCN(CC)CC1)C1CC1. The third-order valence-electron chi connectivity index (χ3n) is 4.96. The topological polar surface area (TPSA) is 18.5 Å². The summed E-state index contributed by atoms with van der Waals surface area (Å²) in [5, 5.41) is 3.77. The normalized spacial score (nSPS) is 24.0. The van der Waals surface area contributed by atoms with E-state index in [2.05, 4.69) is 36.0 Å². The minimum Gasteiger partial charge on any atom is -0.312 e. The highest BCUT2D eigenvalue weighted by molar-refractivity contribution is 4.89. The van der Waals surface area contributed by atoms with Gasteiger partial charge >= 0.3 is 0 Å². The highest BCUT2D eigenvalue weighted by Gasteiger charge is 2.32. The van der Waals surface area contributed by atoms with E-state index in [0.29, 0.717) is 0 Å². The third-order valence-corrected chi connectivity index (χ3v) is 4.96. The van der Waals surface area contributed by atoms with Gasteiger partial charge < -0.3 is 15.1 Å². The van der Waals surface area contributed by atoms with E-state index in [1.165, 1.54) is 64.8 Å². The zero-order chi connectivity index (χ0) is 13.7. The zero-order valence-corrected chi connectivity index (χ0v) is 13.2. The molecular weight excluding hydrogens is 234 g/mol. The van der Waals surface area contributed by atoms with Crippen molar-refractivity contribution >= 4 is 0 Å². The quantitative estimate of drug-likeness (QED) is 0.727. The highest BCUT2D eigenvalue weighted by atomic mass is 15.2. The number of nitrogens with zero attached hydrogens (tertiary/aromatic N) is 2. The van der Waals surface area contributed by atoms with Gasteiger partial charge in [0.1, 0.15) is 0 Å². The molecule has 3 heteroatoms. The van der Waals surface area contributed by atoms with E-state index in [0.717, 1.165) is 18.0 Å². The highest BCUT2D eigenvalue weighted by Crippen LogP contribution is 2.33. The number of rotatable bonds is 8. The Morgan fingerprint density at radius 2 is 1.84 bits per heavy atom. The lowest BCUT2D eigenvalue weighted by atomic mass is 10.0. The molecule has 0 aromatic rings. The van der Waals surface area contributed by atoms with E-state index >= 15 is 0 Å². The molecule has 1 heterocycles. The summed E-state index contributed by atoms with van der Waals surface area (Å²) < 4.78 is 0. The maximum Gasteiger partial charge on any atom is 0.0223 e. The lowest BCUT2D eigenvalue weighted by Crippen LogP contribution is -2.48. The van der Waals surface area contributed by atoms with Crippen molar-refractivity contribution in [2.75, 3.05) is 39.8 Å². The number of likely N-dealkylation sites (tertiary alicyclic amines) is 1. The predicted octanol–water partition coefficient (Wildman–Crippen LogP) is 2.18. The maximum absolute atomic E-state index is 3.77. The standard InChI is InChI=1S/C16H33N3/c1-4-10-17-16(14-6-7-14)13-18(3)15-8-11-19(5-2)12-9-15/h14-17H,4-13H2,1-3H3. The molecule has 0 aromatic heterocycles. The van der Waals surface area contributed by atoms with Crippen molar-refractivity contribution in [3.8, 4) is 0 Å². The van der Waals surface area contributed by atoms with Crippen LogP contribution in [0.15, 0.2) is 0 Å². The van der Waals surface area contributed by atoms with Gasteiger partial charge in [-0.15, -0.1) is 0 Å². The van der Waals surface area contributed by atoms with Crippen molar-refractivity contribution in [2.24, 2.45) is 5.92 Å². The Balaban J connectivity index is 1.74. The molecule has 1 N–H and O–H groups in total. The van der Waals surface area contributed by atoms with Gasteiger partial charge in [-0.2, -0.15) is 0 Å². The number of piperidine rings is 1. The average molecular weight is 267 g/mol. The van der Waals surface area contributed by atoms with Gasteiger partial charge in [0.15, 0.2) is 0 Å². The van der Waals surface area contributed by atoms with E-state index < -0.39 is 0 Å². The third kappa shape index (κ3) is 4.73. The van der Waals surface area contributed by atoms with Gasteiger partial charge in [0.2, 0.25) is 0 Å². The Hall–Kier alpha value is -0.120. The van der Waals surface area contributed by atoms with Crippen LogP contribution < -0.4 is 5.32 Å². The molecule has 0 aromatic carbocycles. The molecule has 3 nitrogen and oxygen atoms in total. The first kappa shape index (κ1) is 15.3. The summed E-state index contributed by atoms with van der Waals surface area (Å²) in [6.45, 7) is 10.8. The Kier molecular flexibility index (Phi) is 6.11. The van der Waals surface area contributed by atoms with Crippen molar-refractivity contribution < 1.29 is 0 Å². The van der Waals surface area contributed by atoms with Crippen LogP contribution in [0.1, 0.15) is 46.0 Å². The molecule has 112 valence electrons. The number of nitrogens with one attached hydrogen (secondary N) is 1. The molecule has 2 aliphatic rings. The molecule has 19 heavy (non-hydrogen) atoms. The minimum absolute atomic E-state index is 0.745. The monoisotopic (exact) mass is 267 g/mol. The van der Waals surface area contributed by atoms with Gasteiger partial charge in [0.05, 0.1) is 0 Å². The van der Waals surface area contributed by atoms with E-state index in [1.807, 2.05) is 0 Å². The molecular formula is C16H33N3. The molecule has 0 radical (unpaired) electrons. The van der Waals surface area contributed by atoms with Crippen LogP contribution in [0.4, 0.5) is 0 Å². The van der Waals surface area contributed by atoms with Gasteiger partial charge in [-0.25, -0.2) is 0 Å². The molecule has 0 spiro atoms. The largest absolute Gasteiger partial charge is 0.312 e. The Morgan fingerprint density at radius 1 is 1.16 bits per heavy atom. The molecule has 2 fully saturated rings. The summed E-state index contributed by atoms with van der Waals surface area (Å²) >= 11 is 0. The van der Waals surface area contributed by atoms with Crippen LogP contribution in [0, 0.1) is 5.92 Å². The zero-order valence-electron chi connectivity index (χ0n) is 13.2. The number of likely N-dealkylation sites (N-methyl/N-ethyl adjacent to an activating group) is 1. The summed E-state index contributed by atoms with van der Waals surface area (Å²) in [4.78, 5) is 5.22. The Labute approximate surface area is 119 Å². The molecule has 2 rings (SSSR count). The molecule has 1 aliphatic heterocycles. The fourth-order valence-electron chi connectivity index (χ4n) is 3.34. The summed E-state index contributed by atoms with van der Waals surface area (Å²) in [7, 11) is 2.34. The second kappa shape index (κ2) is 7.61. The summed E-state index contributed by atoms with van der Waals surface area (Å²) in [6, 6.07) is 1.56. The molecule has 1 saturated heterocycles. The van der Waals surface area contributed by atoms with Crippen LogP contribution in [-0.4, -0.2) is 61.7 Å². The summed E-state index contributed by atoms with van der Waals surface area (Å²) in [5.74, 6) is 0.963. The molecule has 1 atom stereocenters. The van der Waals surface area contributed by atoms with Crippen LogP contribution in [0.5, 0.6) is 0 Å². The predicted molar refractivity (Wildman–Crippen MR) is 82.6 cm³/mol. The van der Waals surface area contributed by atoms with Crippen LogP contribution in [0.3, 0.4) is 0 Å². The fourth-order valence-corrected chi connectivity index (χ4v) is 3.34. The fraction of sp³-hybridized carbons (Fsp3) is 1.00. The van der Waals surface area contributed by atoms with Gasteiger partial charge in [0.25, 0.3) is 0 Å². The van der Waals surface area contributed by atoms with Gasteiger partial charge in [-0.05, 0) is 71.2 Å². The molecule has 0 amide bonds. The Morgan fingerprint density at radius 3 is 2.37 bits per heavy atom. The van der Waals surface area contributed by atoms with Crippen LogP contribution >= 0.6 is 0 Å². The van der Waals surface area contributed by atoms with Crippen molar-refractivity contribution in [1.29, 1.82) is 0 Å². The van der Waals surface area contributed by atoms with Gasteiger partial charge in [-0.3, -0.25) is 0 Å². The van der Waals surface area contributed by atoms with Crippen LogP contribution in [-0.2, 0) is 0 Å². The molecule has 1 aliphatic carbocycles. The van der Waals surface area contributed by atoms with Crippen LogP contribution in [0.25, 0.3) is 0 Å². The number of hydrogen-bond acceptors (Lipinski definition) is 3. The van der Waals surface area contributed by atoms with E-state index in [1.54, 1.807) is 0 Å². The maximum atomic E-state index is 3.77. The van der Waals surface area contributed by atoms with E-state index in [9.17, 15) is 0 Å². The smallest absolute Gasteiger partial charge is 0.0223 e. The molecule has 1 saturated carbocycles. The van der Waals surface area contributed by atoms with E-state index in [-0.39, 0.29) is 0 Å². The van der Waals surface area contributed by atoms with E-state index in [4.69, 9.17) is 0 Å². The molecule has 1 unspecified atom stereocenters.